The van der Waals surface area contributed by atoms with Crippen molar-refractivity contribution in [2.45, 2.75) is 29.2 Å². The summed E-state index contributed by atoms with van der Waals surface area (Å²) in [6.45, 7) is 0. The van der Waals surface area contributed by atoms with E-state index in [1.807, 2.05) is 17.8 Å². The van der Waals surface area contributed by atoms with E-state index < -0.39 is 0 Å². The zero-order chi connectivity index (χ0) is 39.6. The highest BCUT2D eigenvalue weighted by Crippen LogP contribution is 2.57. The van der Waals surface area contributed by atoms with Crippen molar-refractivity contribution in [1.29, 1.82) is 0 Å². The van der Waals surface area contributed by atoms with Gasteiger partial charge in [0.15, 0.2) is 5.82 Å². The van der Waals surface area contributed by atoms with Gasteiger partial charge in [0.2, 0.25) is 0 Å². The smallest absolute Gasteiger partial charge is 0.160 e. The Bertz CT molecular complexity index is 3110. The molecule has 4 heterocycles. The van der Waals surface area contributed by atoms with Crippen LogP contribution < -0.4 is 4.90 Å². The first-order chi connectivity index (χ1) is 29.7. The number of allylic oxidation sites excluding steroid dienone is 6. The first-order valence-corrected chi connectivity index (χ1v) is 21.5. The molecule has 0 N–H and O–H groups in total. The predicted molar refractivity (Wildman–Crippen MR) is 248 cm³/mol. The van der Waals surface area contributed by atoms with Crippen molar-refractivity contribution in [3.05, 3.63) is 216 Å². The highest BCUT2D eigenvalue weighted by atomic mass is 32.2. The van der Waals surface area contributed by atoms with E-state index in [0.29, 0.717) is 5.82 Å². The van der Waals surface area contributed by atoms with Crippen molar-refractivity contribution >= 4 is 34.0 Å². The number of thioether (sulfide) groups is 1. The Morgan fingerprint density at radius 1 is 0.550 bits per heavy atom. The standard InChI is InChI=1S/C55H38N4S/c1-3-15-35(16-4-1)36-27-29-37(30-28-36)47-34-48(58-55(57-47)38-17-5-2-6-18-38)39-31-40(33-41(32-39)59-49-24-12-8-19-42(49)43-20-9-13-25-50(43)59)53-52-45-22-10-14-26-51(45)60-54(52)44-21-7-11-23-46(44)56-53/h1-21,23-34,42,45,49H,22H2. The Labute approximate surface area is 354 Å². The van der Waals surface area contributed by atoms with Gasteiger partial charge in [0.05, 0.1) is 28.6 Å². The molecule has 0 fully saturated rings. The third-order valence-corrected chi connectivity index (χ3v) is 13.6. The Balaban J connectivity index is 1.09. The van der Waals surface area contributed by atoms with Crippen LogP contribution >= 0.6 is 11.8 Å². The number of hydrogen-bond donors (Lipinski definition) is 0. The van der Waals surface area contributed by atoms with E-state index in [1.54, 1.807) is 0 Å². The van der Waals surface area contributed by atoms with Gasteiger partial charge in [-0.05, 0) is 64.4 Å². The molecule has 0 bridgehead atoms. The van der Waals surface area contributed by atoms with Crippen molar-refractivity contribution in [1.82, 2.24) is 15.0 Å². The molecule has 8 aromatic rings. The maximum absolute atomic E-state index is 5.56. The summed E-state index contributed by atoms with van der Waals surface area (Å²) >= 11 is 1.91. The van der Waals surface area contributed by atoms with Crippen LogP contribution in [0.1, 0.15) is 29.4 Å². The second-order valence-corrected chi connectivity index (χ2v) is 16.9. The Kier molecular flexibility index (Phi) is 8.34. The fourth-order valence-electron chi connectivity index (χ4n) is 9.49. The van der Waals surface area contributed by atoms with Crippen LogP contribution in [-0.2, 0) is 0 Å². The molecule has 6 aromatic carbocycles. The lowest BCUT2D eigenvalue weighted by Crippen LogP contribution is -2.28. The van der Waals surface area contributed by atoms with Crippen LogP contribution in [0.25, 0.3) is 67.2 Å². The van der Waals surface area contributed by atoms with E-state index in [-0.39, 0.29) is 17.9 Å². The van der Waals surface area contributed by atoms with Crippen LogP contribution in [0, 0.1) is 0 Å². The lowest BCUT2D eigenvalue weighted by atomic mass is 9.87. The summed E-state index contributed by atoms with van der Waals surface area (Å²) in [7, 11) is 0. The van der Waals surface area contributed by atoms with Gasteiger partial charge >= 0.3 is 0 Å². The van der Waals surface area contributed by atoms with Gasteiger partial charge in [0.25, 0.3) is 0 Å². The minimum Gasteiger partial charge on any atom is -0.333 e. The molecule has 0 saturated heterocycles. The van der Waals surface area contributed by atoms with Gasteiger partial charge in [-0.15, -0.1) is 0 Å². The number of nitrogens with zero attached hydrogens (tertiary/aromatic N) is 4. The number of para-hydroxylation sites is 2. The normalized spacial score (nSPS) is 18.2. The molecule has 0 spiro atoms. The molecule has 2 aromatic heterocycles. The van der Waals surface area contributed by atoms with Crippen molar-refractivity contribution in [2.24, 2.45) is 0 Å². The highest BCUT2D eigenvalue weighted by Gasteiger charge is 2.38. The van der Waals surface area contributed by atoms with Crippen LogP contribution in [0.5, 0.6) is 0 Å². The second-order valence-electron chi connectivity index (χ2n) is 15.9. The first-order valence-electron chi connectivity index (χ1n) is 20.7. The molecule has 284 valence electrons. The Morgan fingerprint density at radius 3 is 2.08 bits per heavy atom. The van der Waals surface area contributed by atoms with Gasteiger partial charge in [0.1, 0.15) is 0 Å². The maximum atomic E-state index is 5.56. The third-order valence-electron chi connectivity index (χ3n) is 12.3. The summed E-state index contributed by atoms with van der Waals surface area (Å²) in [5, 5.41) is 1.22. The Hall–Kier alpha value is -7.08. The largest absolute Gasteiger partial charge is 0.333 e. The molecule has 2 aliphatic carbocycles. The minimum absolute atomic E-state index is 0.142. The van der Waals surface area contributed by atoms with Crippen molar-refractivity contribution in [3.63, 3.8) is 0 Å². The monoisotopic (exact) mass is 786 g/mol. The van der Waals surface area contributed by atoms with Crippen LogP contribution in [0.4, 0.5) is 11.4 Å². The van der Waals surface area contributed by atoms with Crippen LogP contribution in [0.15, 0.2) is 210 Å². The molecular weight excluding hydrogens is 749 g/mol. The fraction of sp³-hybridized carbons (Fsp3) is 0.0727. The number of pyridine rings is 1. The van der Waals surface area contributed by atoms with Gasteiger partial charge in [-0.1, -0.05) is 176 Å². The molecule has 3 unspecified atom stereocenters. The summed E-state index contributed by atoms with van der Waals surface area (Å²) < 4.78 is 0. The lowest BCUT2D eigenvalue weighted by molar-refractivity contribution is 0.745. The summed E-state index contributed by atoms with van der Waals surface area (Å²) in [6.07, 6.45) is 16.8. The third kappa shape index (κ3) is 5.88. The van der Waals surface area contributed by atoms with Gasteiger partial charge in [0, 0.05) is 61.3 Å². The number of fused-ring (bicyclic) bond motifs is 8. The van der Waals surface area contributed by atoms with E-state index in [1.165, 1.54) is 43.1 Å². The van der Waals surface area contributed by atoms with E-state index in [4.69, 9.17) is 15.0 Å². The van der Waals surface area contributed by atoms with Crippen LogP contribution in [-0.4, -0.2) is 21.0 Å². The van der Waals surface area contributed by atoms with Gasteiger partial charge in [-0.25, -0.2) is 15.0 Å². The number of anilines is 2. The number of rotatable bonds is 6. The maximum Gasteiger partial charge on any atom is 0.160 e. The molecule has 0 saturated carbocycles. The zero-order valence-corrected chi connectivity index (χ0v) is 33.5. The van der Waals surface area contributed by atoms with Crippen LogP contribution in [0.2, 0.25) is 0 Å². The quantitative estimate of drug-likeness (QED) is 0.168. The SMILES string of the molecule is C1=CCC2C(=C1)Sc1c2c(-c2cc(-c3cc(-c4ccc(-c5ccccc5)cc4)nc(-c4ccccc4)n3)cc(N3c4ccccc4C4C=CC=CC43)c2)nc2ccccc12. The fourth-order valence-corrected chi connectivity index (χ4v) is 10.9. The average Bonchev–Trinajstić information content (AvgIpc) is 3.89. The topological polar surface area (TPSA) is 41.9 Å². The predicted octanol–water partition coefficient (Wildman–Crippen LogP) is 14.1. The van der Waals surface area contributed by atoms with E-state index >= 15 is 0 Å². The number of hydrogen-bond acceptors (Lipinski definition) is 5. The van der Waals surface area contributed by atoms with E-state index in [9.17, 15) is 0 Å². The van der Waals surface area contributed by atoms with Crippen molar-refractivity contribution in [3.8, 4) is 56.3 Å². The van der Waals surface area contributed by atoms with E-state index in [0.717, 1.165) is 57.0 Å². The van der Waals surface area contributed by atoms with Crippen molar-refractivity contribution in [2.75, 3.05) is 4.90 Å². The van der Waals surface area contributed by atoms with Gasteiger partial charge < -0.3 is 4.90 Å². The number of aromatic nitrogens is 3. The average molecular weight is 787 g/mol. The molecule has 3 atom stereocenters. The summed E-state index contributed by atoms with van der Waals surface area (Å²) in [5.41, 5.74) is 15.3. The van der Waals surface area contributed by atoms with Gasteiger partial charge in [-0.3, -0.25) is 0 Å². The minimum atomic E-state index is 0.142. The molecule has 4 nitrogen and oxygen atoms in total. The van der Waals surface area contributed by atoms with Crippen LogP contribution in [0.3, 0.4) is 0 Å². The molecule has 60 heavy (non-hydrogen) atoms. The molecule has 0 amide bonds. The summed E-state index contributed by atoms with van der Waals surface area (Å²) in [4.78, 5) is 21.4. The molecule has 4 aliphatic rings. The lowest BCUT2D eigenvalue weighted by Gasteiger charge is -2.30. The number of benzene rings is 6. The first kappa shape index (κ1) is 34.9. The molecule has 12 rings (SSSR count). The molecule has 2 aliphatic heterocycles. The second kappa shape index (κ2) is 14.3. The summed E-state index contributed by atoms with van der Waals surface area (Å²) in [6, 6.07) is 56.4. The van der Waals surface area contributed by atoms with Crippen molar-refractivity contribution < 1.29 is 0 Å². The van der Waals surface area contributed by atoms with Gasteiger partial charge in [-0.2, -0.15) is 0 Å². The Morgan fingerprint density at radius 2 is 1.23 bits per heavy atom. The molecular formula is C55H38N4S. The highest BCUT2D eigenvalue weighted by molar-refractivity contribution is 8.03. The zero-order valence-electron chi connectivity index (χ0n) is 32.7. The van der Waals surface area contributed by atoms with E-state index in [2.05, 4.69) is 199 Å². The molecule has 5 heteroatoms. The summed E-state index contributed by atoms with van der Waals surface area (Å²) in [5.74, 6) is 1.22. The molecule has 0 radical (unpaired) electrons.